The summed E-state index contributed by atoms with van der Waals surface area (Å²) in [5, 5.41) is 14.7. The van der Waals surface area contributed by atoms with Crippen LogP contribution in [0.2, 0.25) is 0 Å². The highest BCUT2D eigenvalue weighted by molar-refractivity contribution is 7.09. The van der Waals surface area contributed by atoms with Crippen molar-refractivity contribution in [3.05, 3.63) is 21.9 Å². The van der Waals surface area contributed by atoms with Crippen molar-refractivity contribution in [2.45, 2.75) is 12.6 Å². The Balaban J connectivity index is 1.68. The monoisotopic (exact) mass is 337 g/mol. The Kier molecular flexibility index (Phi) is 4.64. The second-order valence-electron chi connectivity index (χ2n) is 5.61. The van der Waals surface area contributed by atoms with Gasteiger partial charge in [-0.05, 0) is 19.3 Å². The van der Waals surface area contributed by atoms with E-state index < -0.39 is 0 Å². The maximum absolute atomic E-state index is 12.6. The van der Waals surface area contributed by atoms with Gasteiger partial charge in [-0.1, -0.05) is 0 Å². The third-order valence-electron chi connectivity index (χ3n) is 3.39. The summed E-state index contributed by atoms with van der Waals surface area (Å²) in [5.41, 5.74) is 0.486. The first-order chi connectivity index (χ1) is 11.0. The highest BCUT2D eigenvalue weighted by atomic mass is 32.1. The third-order valence-corrected chi connectivity index (χ3v) is 4.22. The molecule has 2 aromatic rings. The molecule has 1 amide bonds. The van der Waals surface area contributed by atoms with Crippen molar-refractivity contribution in [1.82, 2.24) is 35.0 Å². The van der Waals surface area contributed by atoms with Crippen LogP contribution in [0.4, 0.5) is 0 Å². The molecule has 124 valence electrons. The first kappa shape index (κ1) is 16.0. The molecule has 1 unspecified atom stereocenters. The van der Waals surface area contributed by atoms with Crippen LogP contribution in [0.1, 0.15) is 27.4 Å². The van der Waals surface area contributed by atoms with E-state index in [1.165, 1.54) is 16.1 Å². The quantitative estimate of drug-likeness (QED) is 0.772. The lowest BCUT2D eigenvalue weighted by atomic mass is 10.2. The Morgan fingerprint density at radius 2 is 2.35 bits per heavy atom. The van der Waals surface area contributed by atoms with E-state index in [1.54, 1.807) is 11.9 Å². The largest absolute Gasteiger partial charge is 0.366 e. The molecule has 0 bridgehead atoms. The Bertz CT molecular complexity index is 683. The molecular weight excluding hydrogens is 318 g/mol. The fourth-order valence-corrected chi connectivity index (χ4v) is 3.22. The van der Waals surface area contributed by atoms with Crippen LogP contribution in [0, 0.1) is 0 Å². The molecule has 3 heterocycles. The maximum Gasteiger partial charge on any atom is 0.273 e. The molecule has 1 aliphatic heterocycles. The number of nitrogens with zero attached hydrogens (tertiary/aromatic N) is 7. The van der Waals surface area contributed by atoms with Crippen molar-refractivity contribution in [2.24, 2.45) is 7.05 Å². The summed E-state index contributed by atoms with van der Waals surface area (Å²) in [6.45, 7) is 2.12. The van der Waals surface area contributed by atoms with E-state index in [-0.39, 0.29) is 12.0 Å². The van der Waals surface area contributed by atoms with Gasteiger partial charge in [0.25, 0.3) is 5.91 Å². The van der Waals surface area contributed by atoms with Gasteiger partial charge in [0.2, 0.25) is 5.82 Å². The molecule has 1 fully saturated rings. The second-order valence-corrected chi connectivity index (χ2v) is 6.55. The number of aryl methyl sites for hydroxylation is 1. The zero-order valence-corrected chi connectivity index (χ0v) is 14.2. The fraction of sp³-hybridized carbons (Fsp3) is 0.615. The lowest BCUT2D eigenvalue weighted by molar-refractivity contribution is -0.0270. The minimum absolute atomic E-state index is 0.0801. The van der Waals surface area contributed by atoms with Crippen LogP contribution in [0.15, 0.2) is 5.38 Å². The number of morpholine rings is 1. The van der Waals surface area contributed by atoms with Gasteiger partial charge in [-0.3, -0.25) is 4.79 Å². The summed E-state index contributed by atoms with van der Waals surface area (Å²) in [5.74, 6) is 0.417. The molecule has 0 saturated carbocycles. The van der Waals surface area contributed by atoms with Gasteiger partial charge in [-0.25, -0.2) is 4.98 Å². The molecule has 0 radical (unpaired) electrons. The van der Waals surface area contributed by atoms with E-state index in [4.69, 9.17) is 4.74 Å². The average Bonchev–Trinajstić information content (AvgIpc) is 3.15. The van der Waals surface area contributed by atoms with Crippen LogP contribution in [-0.2, 0) is 18.3 Å². The highest BCUT2D eigenvalue weighted by Crippen LogP contribution is 2.21. The van der Waals surface area contributed by atoms with Gasteiger partial charge < -0.3 is 14.5 Å². The highest BCUT2D eigenvalue weighted by Gasteiger charge is 2.29. The number of tetrazole rings is 1. The summed E-state index contributed by atoms with van der Waals surface area (Å²) < 4.78 is 5.65. The molecule has 0 aliphatic carbocycles. The number of rotatable bonds is 4. The van der Waals surface area contributed by atoms with Gasteiger partial charge in [-0.15, -0.1) is 21.5 Å². The summed E-state index contributed by atoms with van der Waals surface area (Å²) in [6.07, 6.45) is -0.346. The van der Waals surface area contributed by atoms with Gasteiger partial charge in [-0.2, -0.15) is 4.80 Å². The number of thiazole rings is 1. The summed E-state index contributed by atoms with van der Waals surface area (Å²) in [6, 6.07) is 0. The van der Waals surface area contributed by atoms with Gasteiger partial charge in [0.15, 0.2) is 0 Å². The summed E-state index contributed by atoms with van der Waals surface area (Å²) >= 11 is 1.50. The van der Waals surface area contributed by atoms with E-state index in [2.05, 4.69) is 20.4 Å². The van der Waals surface area contributed by atoms with Crippen molar-refractivity contribution >= 4 is 17.2 Å². The van der Waals surface area contributed by atoms with Gasteiger partial charge in [0.1, 0.15) is 16.8 Å². The SMILES string of the molecule is CN(C)Cc1nc(C(=O)N2CCOC(c3nnn(C)n3)C2)cs1. The first-order valence-corrected chi connectivity index (χ1v) is 8.15. The van der Waals surface area contributed by atoms with Crippen LogP contribution < -0.4 is 0 Å². The molecule has 0 aromatic carbocycles. The van der Waals surface area contributed by atoms with Crippen molar-refractivity contribution < 1.29 is 9.53 Å². The third kappa shape index (κ3) is 3.71. The average molecular weight is 337 g/mol. The predicted molar refractivity (Wildman–Crippen MR) is 82.9 cm³/mol. The minimum Gasteiger partial charge on any atom is -0.366 e. The second kappa shape index (κ2) is 6.69. The molecule has 2 aromatic heterocycles. The maximum atomic E-state index is 12.6. The van der Waals surface area contributed by atoms with E-state index >= 15 is 0 Å². The fourth-order valence-electron chi connectivity index (χ4n) is 2.33. The molecule has 3 rings (SSSR count). The number of carbonyl (C=O) groups is 1. The molecule has 9 nitrogen and oxygen atoms in total. The number of aromatic nitrogens is 5. The summed E-state index contributed by atoms with van der Waals surface area (Å²) in [4.78, 5) is 22.2. The molecule has 0 N–H and O–H groups in total. The zero-order chi connectivity index (χ0) is 16.4. The van der Waals surface area contributed by atoms with Crippen molar-refractivity contribution in [3.63, 3.8) is 0 Å². The molecular formula is C13H19N7O2S. The van der Waals surface area contributed by atoms with E-state index in [0.29, 0.717) is 31.2 Å². The molecule has 0 spiro atoms. The predicted octanol–water partition coefficient (Wildman–Crippen LogP) is -0.0581. The van der Waals surface area contributed by atoms with Crippen LogP contribution in [0.3, 0.4) is 0 Å². The zero-order valence-electron chi connectivity index (χ0n) is 13.3. The molecule has 1 aliphatic rings. The van der Waals surface area contributed by atoms with Crippen molar-refractivity contribution in [2.75, 3.05) is 33.8 Å². The lowest BCUT2D eigenvalue weighted by Gasteiger charge is -2.30. The summed E-state index contributed by atoms with van der Waals surface area (Å²) in [7, 11) is 5.65. The van der Waals surface area contributed by atoms with Gasteiger partial charge in [0.05, 0.1) is 20.2 Å². The normalized spacial score (nSPS) is 18.6. The van der Waals surface area contributed by atoms with Crippen LogP contribution in [-0.4, -0.2) is 74.7 Å². The van der Waals surface area contributed by atoms with Crippen LogP contribution >= 0.6 is 11.3 Å². The topological polar surface area (TPSA) is 89.3 Å². The Labute approximate surface area is 137 Å². The van der Waals surface area contributed by atoms with E-state index in [0.717, 1.165) is 11.6 Å². The first-order valence-electron chi connectivity index (χ1n) is 7.27. The van der Waals surface area contributed by atoms with Gasteiger partial charge >= 0.3 is 0 Å². The standard InChI is InChI=1S/C13H19N7O2S/c1-18(2)7-11-14-9(8-23-11)13(21)20-4-5-22-10(6-20)12-15-17-19(3)16-12/h8,10H,4-7H2,1-3H3. The molecule has 1 saturated heterocycles. The number of hydrogen-bond acceptors (Lipinski definition) is 8. The van der Waals surface area contributed by atoms with Crippen molar-refractivity contribution in [1.29, 1.82) is 0 Å². The number of hydrogen-bond donors (Lipinski definition) is 0. The molecule has 1 atom stereocenters. The van der Waals surface area contributed by atoms with Crippen molar-refractivity contribution in [3.8, 4) is 0 Å². The molecule has 10 heteroatoms. The Morgan fingerprint density at radius 3 is 3.04 bits per heavy atom. The van der Waals surface area contributed by atoms with E-state index in [1.807, 2.05) is 24.4 Å². The van der Waals surface area contributed by atoms with E-state index in [9.17, 15) is 4.79 Å². The minimum atomic E-state index is -0.346. The number of ether oxygens (including phenoxy) is 1. The molecule has 23 heavy (non-hydrogen) atoms. The van der Waals surface area contributed by atoms with Crippen LogP contribution in [0.5, 0.6) is 0 Å². The lowest BCUT2D eigenvalue weighted by Crippen LogP contribution is -2.42. The number of carbonyl (C=O) groups excluding carboxylic acids is 1. The number of amides is 1. The Hall–Kier alpha value is -1.91. The Morgan fingerprint density at radius 1 is 1.52 bits per heavy atom. The smallest absolute Gasteiger partial charge is 0.273 e. The van der Waals surface area contributed by atoms with Crippen LogP contribution in [0.25, 0.3) is 0 Å². The van der Waals surface area contributed by atoms with Gasteiger partial charge in [0, 0.05) is 18.5 Å².